The summed E-state index contributed by atoms with van der Waals surface area (Å²) in [6, 6.07) is 6.13. The van der Waals surface area contributed by atoms with Crippen LogP contribution in [-0.2, 0) is 16.4 Å². The molecular weight excluding hydrogens is 290 g/mol. The lowest BCUT2D eigenvalue weighted by Crippen LogP contribution is -2.37. The second kappa shape index (κ2) is 7.13. The Bertz CT molecular complexity index is 557. The van der Waals surface area contributed by atoms with Crippen LogP contribution in [-0.4, -0.2) is 39.7 Å². The van der Waals surface area contributed by atoms with Gasteiger partial charge in [0.05, 0.1) is 25.2 Å². The zero-order valence-electron chi connectivity index (χ0n) is 12.6. The Morgan fingerprint density at radius 2 is 1.95 bits per heavy atom. The molecule has 118 valence electrons. The van der Waals surface area contributed by atoms with Crippen LogP contribution in [0.1, 0.15) is 25.3 Å². The Morgan fingerprint density at radius 3 is 2.57 bits per heavy atom. The number of hydrogen-bond acceptors (Lipinski definition) is 5. The molecule has 1 aromatic rings. The molecule has 1 saturated heterocycles. The van der Waals surface area contributed by atoms with Gasteiger partial charge in [0.1, 0.15) is 9.84 Å². The van der Waals surface area contributed by atoms with Crippen molar-refractivity contribution in [3.63, 3.8) is 0 Å². The first-order valence-corrected chi connectivity index (χ1v) is 9.09. The van der Waals surface area contributed by atoms with Gasteiger partial charge < -0.3 is 14.8 Å². The summed E-state index contributed by atoms with van der Waals surface area (Å²) < 4.78 is 33.6. The number of nitrogens with one attached hydrogen (secondary N) is 1. The minimum absolute atomic E-state index is 0.270. The first-order valence-electron chi connectivity index (χ1n) is 7.27. The Kier molecular flexibility index (Phi) is 5.47. The highest BCUT2D eigenvalue weighted by atomic mass is 32.2. The van der Waals surface area contributed by atoms with Gasteiger partial charge in [0.15, 0.2) is 11.5 Å². The van der Waals surface area contributed by atoms with Crippen LogP contribution in [0.3, 0.4) is 0 Å². The van der Waals surface area contributed by atoms with Gasteiger partial charge in [-0.2, -0.15) is 0 Å². The summed E-state index contributed by atoms with van der Waals surface area (Å²) in [5.74, 6) is 2.05. The van der Waals surface area contributed by atoms with Crippen molar-refractivity contribution in [2.45, 2.75) is 32.4 Å². The van der Waals surface area contributed by atoms with Gasteiger partial charge in [0.2, 0.25) is 0 Å². The highest BCUT2D eigenvalue weighted by molar-refractivity contribution is 7.91. The second-order valence-corrected chi connectivity index (χ2v) is 7.53. The van der Waals surface area contributed by atoms with Crippen molar-refractivity contribution in [1.82, 2.24) is 5.32 Å². The molecule has 1 heterocycles. The lowest BCUT2D eigenvalue weighted by Gasteiger charge is -2.23. The first-order chi connectivity index (χ1) is 10.0. The van der Waals surface area contributed by atoms with E-state index in [0.29, 0.717) is 26.0 Å². The van der Waals surface area contributed by atoms with E-state index in [9.17, 15) is 8.42 Å². The quantitative estimate of drug-likeness (QED) is 0.867. The fraction of sp³-hybridized carbons (Fsp3) is 0.600. The molecule has 2 rings (SSSR count). The zero-order chi connectivity index (χ0) is 15.3. The smallest absolute Gasteiger partial charge is 0.161 e. The zero-order valence-corrected chi connectivity index (χ0v) is 13.4. The highest BCUT2D eigenvalue weighted by Gasteiger charge is 2.23. The number of hydrogen-bond donors (Lipinski definition) is 1. The minimum Gasteiger partial charge on any atom is -0.493 e. The molecule has 0 aliphatic carbocycles. The molecule has 1 fully saturated rings. The van der Waals surface area contributed by atoms with E-state index >= 15 is 0 Å². The molecule has 1 N–H and O–H groups in total. The van der Waals surface area contributed by atoms with Gasteiger partial charge in [-0.1, -0.05) is 6.07 Å². The van der Waals surface area contributed by atoms with Crippen molar-refractivity contribution < 1.29 is 17.9 Å². The molecule has 0 spiro atoms. The van der Waals surface area contributed by atoms with E-state index < -0.39 is 9.84 Å². The van der Waals surface area contributed by atoms with Crippen molar-refractivity contribution in [1.29, 1.82) is 0 Å². The summed E-state index contributed by atoms with van der Waals surface area (Å²) in [4.78, 5) is 0. The molecule has 21 heavy (non-hydrogen) atoms. The molecule has 6 heteroatoms. The van der Waals surface area contributed by atoms with E-state index in [2.05, 4.69) is 5.32 Å². The first kappa shape index (κ1) is 16.1. The lowest BCUT2D eigenvalue weighted by molar-refractivity contribution is 0.310. The molecule has 0 saturated carbocycles. The van der Waals surface area contributed by atoms with Gasteiger partial charge in [-0.15, -0.1) is 0 Å². The van der Waals surface area contributed by atoms with E-state index in [1.807, 2.05) is 25.1 Å². The van der Waals surface area contributed by atoms with Gasteiger partial charge in [-0.25, -0.2) is 8.42 Å². The topological polar surface area (TPSA) is 64.6 Å². The SMILES string of the molecule is CCOc1ccc(CNC2CCS(=O)(=O)CC2)cc1OC. The van der Waals surface area contributed by atoms with Gasteiger partial charge in [0.25, 0.3) is 0 Å². The lowest BCUT2D eigenvalue weighted by atomic mass is 10.1. The van der Waals surface area contributed by atoms with Crippen LogP contribution in [0.5, 0.6) is 11.5 Å². The Balaban J connectivity index is 1.91. The number of rotatable bonds is 6. The van der Waals surface area contributed by atoms with Crippen LogP contribution in [0.15, 0.2) is 18.2 Å². The van der Waals surface area contributed by atoms with Crippen LogP contribution in [0.2, 0.25) is 0 Å². The van der Waals surface area contributed by atoms with Crippen LogP contribution in [0.25, 0.3) is 0 Å². The summed E-state index contributed by atoms with van der Waals surface area (Å²) in [5, 5.41) is 3.42. The van der Waals surface area contributed by atoms with E-state index in [1.165, 1.54) is 0 Å². The normalized spacial score (nSPS) is 18.4. The van der Waals surface area contributed by atoms with Gasteiger partial charge >= 0.3 is 0 Å². The summed E-state index contributed by atoms with van der Waals surface area (Å²) in [6.45, 7) is 3.24. The molecule has 0 atom stereocenters. The largest absolute Gasteiger partial charge is 0.493 e. The third-order valence-electron chi connectivity index (χ3n) is 3.68. The second-order valence-electron chi connectivity index (χ2n) is 5.23. The standard InChI is InChI=1S/C15H23NO4S/c1-3-20-14-5-4-12(10-15(14)19-2)11-16-13-6-8-21(17,18)9-7-13/h4-5,10,13,16H,3,6-9,11H2,1-2H3. The van der Waals surface area contributed by atoms with Crippen LogP contribution < -0.4 is 14.8 Å². The fourth-order valence-electron chi connectivity index (χ4n) is 2.45. The van der Waals surface area contributed by atoms with Gasteiger partial charge in [-0.05, 0) is 37.5 Å². The average Bonchev–Trinajstić information content (AvgIpc) is 2.47. The van der Waals surface area contributed by atoms with Gasteiger partial charge in [-0.3, -0.25) is 0 Å². The average molecular weight is 313 g/mol. The van der Waals surface area contributed by atoms with Crippen molar-refractivity contribution in [2.24, 2.45) is 0 Å². The Hall–Kier alpha value is -1.27. The molecule has 1 aromatic carbocycles. The van der Waals surface area contributed by atoms with E-state index in [1.54, 1.807) is 7.11 Å². The molecule has 1 aliphatic rings. The summed E-state index contributed by atoms with van der Waals surface area (Å²) >= 11 is 0. The third-order valence-corrected chi connectivity index (χ3v) is 5.39. The molecular formula is C15H23NO4S. The van der Waals surface area contributed by atoms with Crippen molar-refractivity contribution in [2.75, 3.05) is 25.2 Å². The van der Waals surface area contributed by atoms with E-state index in [4.69, 9.17) is 9.47 Å². The molecule has 0 radical (unpaired) electrons. The van der Waals surface area contributed by atoms with Crippen LogP contribution in [0, 0.1) is 0 Å². The van der Waals surface area contributed by atoms with Gasteiger partial charge in [0, 0.05) is 12.6 Å². The summed E-state index contributed by atoms with van der Waals surface area (Å²) in [6.07, 6.45) is 1.38. The third kappa shape index (κ3) is 4.61. The van der Waals surface area contributed by atoms with E-state index in [0.717, 1.165) is 17.1 Å². The number of sulfone groups is 1. The predicted molar refractivity (Wildman–Crippen MR) is 82.7 cm³/mol. The van der Waals surface area contributed by atoms with E-state index in [-0.39, 0.29) is 17.5 Å². The predicted octanol–water partition coefficient (Wildman–Crippen LogP) is 1.76. The number of benzene rings is 1. The Labute approximate surface area is 126 Å². The molecule has 0 amide bonds. The maximum atomic E-state index is 11.4. The summed E-state index contributed by atoms with van der Waals surface area (Å²) in [5.41, 5.74) is 1.10. The van der Waals surface area contributed by atoms with Crippen LogP contribution in [0.4, 0.5) is 0 Å². The van der Waals surface area contributed by atoms with Crippen molar-refractivity contribution >= 4 is 9.84 Å². The molecule has 0 aromatic heterocycles. The molecule has 0 unspecified atom stereocenters. The maximum absolute atomic E-state index is 11.4. The molecule has 0 bridgehead atoms. The Morgan fingerprint density at radius 1 is 1.24 bits per heavy atom. The monoisotopic (exact) mass is 313 g/mol. The highest BCUT2D eigenvalue weighted by Crippen LogP contribution is 2.28. The molecule has 5 nitrogen and oxygen atoms in total. The maximum Gasteiger partial charge on any atom is 0.161 e. The van der Waals surface area contributed by atoms with Crippen LogP contribution >= 0.6 is 0 Å². The summed E-state index contributed by atoms with van der Waals surface area (Å²) in [7, 11) is -1.17. The van der Waals surface area contributed by atoms with Crippen molar-refractivity contribution in [3.8, 4) is 11.5 Å². The van der Waals surface area contributed by atoms with Crippen molar-refractivity contribution in [3.05, 3.63) is 23.8 Å². The fourth-order valence-corrected chi connectivity index (χ4v) is 3.94. The number of methoxy groups -OCH3 is 1. The molecule has 1 aliphatic heterocycles. The number of ether oxygens (including phenoxy) is 2. The minimum atomic E-state index is -2.80.